The van der Waals surface area contributed by atoms with E-state index >= 15 is 0 Å². The predicted molar refractivity (Wildman–Crippen MR) is 73.0 cm³/mol. The topological polar surface area (TPSA) is 50.1 Å². The smallest absolute Gasteiger partial charge is 0.446 e. The molecule has 0 fully saturated rings. The van der Waals surface area contributed by atoms with E-state index in [4.69, 9.17) is 21.6 Å². The zero-order valence-electron chi connectivity index (χ0n) is 11.0. The lowest BCUT2D eigenvalue weighted by Gasteiger charge is -2.14. The van der Waals surface area contributed by atoms with Crippen molar-refractivity contribution in [1.29, 1.82) is 5.26 Å². The molecule has 3 nitrogen and oxygen atoms in total. The summed E-state index contributed by atoms with van der Waals surface area (Å²) in [6.07, 6.45) is -0.391. The normalized spacial score (nSPS) is 11.0. The van der Waals surface area contributed by atoms with Crippen LogP contribution < -0.4 is 0 Å². The summed E-state index contributed by atoms with van der Waals surface area (Å²) in [5.74, 6) is -0.712. The minimum atomic E-state index is -4.53. The maximum Gasteiger partial charge on any atom is 0.446 e. The number of hydrogen-bond acceptors (Lipinski definition) is 4. The summed E-state index contributed by atoms with van der Waals surface area (Å²) in [4.78, 5) is 11.3. The third-order valence-electron chi connectivity index (χ3n) is 2.40. The van der Waals surface area contributed by atoms with Crippen molar-refractivity contribution < 1.29 is 22.7 Å². The van der Waals surface area contributed by atoms with Gasteiger partial charge in [-0.3, -0.25) is 4.79 Å². The Hall–Kier alpha value is -1.39. The third kappa shape index (κ3) is 5.48. The fourth-order valence-electron chi connectivity index (χ4n) is 1.63. The second kappa shape index (κ2) is 7.57. The van der Waals surface area contributed by atoms with Gasteiger partial charge in [-0.1, -0.05) is 0 Å². The van der Waals surface area contributed by atoms with Crippen molar-refractivity contribution in [1.82, 2.24) is 0 Å². The Morgan fingerprint density at radius 3 is 2.62 bits per heavy atom. The van der Waals surface area contributed by atoms with Gasteiger partial charge in [-0.2, -0.15) is 18.4 Å². The van der Waals surface area contributed by atoms with Gasteiger partial charge in [0.25, 0.3) is 0 Å². The van der Waals surface area contributed by atoms with Crippen LogP contribution in [0.4, 0.5) is 13.2 Å². The van der Waals surface area contributed by atoms with Gasteiger partial charge >= 0.3 is 11.5 Å². The summed E-state index contributed by atoms with van der Waals surface area (Å²) in [7, 11) is 0. The van der Waals surface area contributed by atoms with Crippen LogP contribution in [-0.4, -0.2) is 18.1 Å². The van der Waals surface area contributed by atoms with E-state index in [1.54, 1.807) is 13.0 Å². The molecule has 0 N–H and O–H groups in total. The molecule has 1 rings (SSSR count). The Morgan fingerprint density at radius 1 is 1.48 bits per heavy atom. The Kier molecular flexibility index (Phi) is 6.37. The minimum Gasteiger partial charge on any atom is -0.466 e. The van der Waals surface area contributed by atoms with Crippen molar-refractivity contribution in [2.75, 3.05) is 6.61 Å². The highest BCUT2D eigenvalue weighted by Crippen LogP contribution is 2.40. The van der Waals surface area contributed by atoms with Crippen LogP contribution in [0, 0.1) is 11.3 Å². The van der Waals surface area contributed by atoms with Crippen molar-refractivity contribution in [3.63, 3.8) is 0 Å². The van der Waals surface area contributed by atoms with Crippen LogP contribution in [0.3, 0.4) is 0 Å². The fourth-order valence-corrected chi connectivity index (χ4v) is 2.55. The van der Waals surface area contributed by atoms with Crippen molar-refractivity contribution in [2.45, 2.75) is 29.6 Å². The summed E-state index contributed by atoms with van der Waals surface area (Å²) in [5, 5.41) is 9.07. The molecular formula is C13H11ClF3NO2S. The van der Waals surface area contributed by atoms with E-state index < -0.39 is 17.9 Å². The average molecular weight is 338 g/mol. The first-order valence-corrected chi connectivity index (χ1v) is 7.19. The van der Waals surface area contributed by atoms with E-state index in [9.17, 15) is 18.0 Å². The van der Waals surface area contributed by atoms with Gasteiger partial charge in [0.1, 0.15) is 0 Å². The fraction of sp³-hybridized carbons (Fsp3) is 0.385. The van der Waals surface area contributed by atoms with Crippen LogP contribution in [0.25, 0.3) is 0 Å². The minimum absolute atomic E-state index is 0.00652. The maximum atomic E-state index is 12.6. The SMILES string of the molecule is CCOC(=O)Cc1c(C#N)cc(CCl)cc1SC(F)(F)F. The molecule has 0 atom stereocenters. The van der Waals surface area contributed by atoms with E-state index in [1.807, 2.05) is 0 Å². The first-order valence-electron chi connectivity index (χ1n) is 5.84. The number of nitrogens with zero attached hydrogens (tertiary/aromatic N) is 1. The molecule has 0 aliphatic heterocycles. The summed E-state index contributed by atoms with van der Waals surface area (Å²) in [6, 6.07) is 4.41. The number of nitriles is 1. The van der Waals surface area contributed by atoms with E-state index in [-0.39, 0.29) is 40.3 Å². The zero-order valence-corrected chi connectivity index (χ0v) is 12.5. The molecule has 0 aliphatic carbocycles. The van der Waals surface area contributed by atoms with Crippen LogP contribution >= 0.6 is 23.4 Å². The molecule has 1 aromatic rings. The van der Waals surface area contributed by atoms with Gasteiger partial charge < -0.3 is 4.74 Å². The molecule has 21 heavy (non-hydrogen) atoms. The van der Waals surface area contributed by atoms with Crippen molar-refractivity contribution >= 4 is 29.3 Å². The van der Waals surface area contributed by atoms with E-state index in [0.29, 0.717) is 5.56 Å². The zero-order chi connectivity index (χ0) is 16.0. The summed E-state index contributed by atoms with van der Waals surface area (Å²) >= 11 is 5.24. The lowest BCUT2D eigenvalue weighted by molar-refractivity contribution is -0.142. The van der Waals surface area contributed by atoms with Crippen LogP contribution in [-0.2, 0) is 21.8 Å². The van der Waals surface area contributed by atoms with Crippen molar-refractivity contribution in [3.05, 3.63) is 28.8 Å². The molecule has 0 saturated carbocycles. The molecular weight excluding hydrogens is 327 g/mol. The van der Waals surface area contributed by atoms with Crippen LogP contribution in [0.2, 0.25) is 0 Å². The molecule has 0 unspecified atom stereocenters. The second-order valence-corrected chi connectivity index (χ2v) is 5.27. The van der Waals surface area contributed by atoms with Crippen LogP contribution in [0.5, 0.6) is 0 Å². The molecule has 0 aliphatic rings. The molecule has 0 bridgehead atoms. The highest BCUT2D eigenvalue weighted by atomic mass is 35.5. The van der Waals surface area contributed by atoms with Gasteiger partial charge in [0.15, 0.2) is 0 Å². The molecule has 0 radical (unpaired) electrons. The summed E-state index contributed by atoms with van der Waals surface area (Å²) in [5.41, 5.74) is -4.14. The number of halogens is 4. The molecule has 0 spiro atoms. The van der Waals surface area contributed by atoms with E-state index in [1.165, 1.54) is 12.1 Å². The number of ether oxygens (including phenoxy) is 1. The Morgan fingerprint density at radius 2 is 2.14 bits per heavy atom. The van der Waals surface area contributed by atoms with Crippen molar-refractivity contribution in [3.8, 4) is 6.07 Å². The second-order valence-electron chi connectivity index (χ2n) is 3.90. The highest BCUT2D eigenvalue weighted by molar-refractivity contribution is 8.00. The quantitative estimate of drug-likeness (QED) is 0.462. The number of esters is 1. The Balaban J connectivity index is 3.29. The molecule has 8 heteroatoms. The third-order valence-corrected chi connectivity index (χ3v) is 3.52. The lowest BCUT2D eigenvalue weighted by Crippen LogP contribution is -2.11. The average Bonchev–Trinajstić information content (AvgIpc) is 2.39. The van der Waals surface area contributed by atoms with E-state index in [2.05, 4.69) is 0 Å². The summed E-state index contributed by atoms with van der Waals surface area (Å²) < 4.78 is 42.5. The van der Waals surface area contributed by atoms with Gasteiger partial charge in [0.2, 0.25) is 0 Å². The number of thioether (sulfide) groups is 1. The summed E-state index contributed by atoms with van der Waals surface area (Å²) in [6.45, 7) is 1.70. The number of alkyl halides is 4. The maximum absolute atomic E-state index is 12.6. The lowest BCUT2D eigenvalue weighted by atomic mass is 10.0. The standard InChI is InChI=1S/C13H11ClF3NO2S/c1-2-20-12(19)5-10-9(7-18)3-8(6-14)4-11(10)21-13(15,16)17/h3-4H,2,5-6H2,1H3. The first-order chi connectivity index (χ1) is 9.80. The van der Waals surface area contributed by atoms with Crippen LogP contribution in [0.15, 0.2) is 17.0 Å². The van der Waals surface area contributed by atoms with Gasteiger partial charge in [-0.25, -0.2) is 0 Å². The Labute approximate surface area is 129 Å². The number of benzene rings is 1. The van der Waals surface area contributed by atoms with Crippen molar-refractivity contribution in [2.24, 2.45) is 0 Å². The number of carbonyl (C=O) groups excluding carboxylic acids is 1. The number of carbonyl (C=O) groups is 1. The first kappa shape index (κ1) is 17.7. The largest absolute Gasteiger partial charge is 0.466 e. The molecule has 0 amide bonds. The Bertz CT molecular complexity index is 570. The molecule has 0 saturated heterocycles. The molecule has 1 aromatic carbocycles. The number of hydrogen-bond donors (Lipinski definition) is 0. The molecule has 0 heterocycles. The van der Waals surface area contributed by atoms with E-state index in [0.717, 1.165) is 0 Å². The van der Waals surface area contributed by atoms with Gasteiger partial charge in [-0.15, -0.1) is 11.6 Å². The van der Waals surface area contributed by atoms with Gasteiger partial charge in [-0.05, 0) is 41.9 Å². The molecule has 114 valence electrons. The number of rotatable bonds is 5. The predicted octanol–water partition coefficient (Wildman–Crippen LogP) is 4.01. The highest BCUT2D eigenvalue weighted by Gasteiger charge is 2.31. The van der Waals surface area contributed by atoms with Gasteiger partial charge in [0.05, 0.1) is 24.7 Å². The monoisotopic (exact) mass is 337 g/mol. The van der Waals surface area contributed by atoms with Crippen LogP contribution in [0.1, 0.15) is 23.6 Å². The molecule has 0 aromatic heterocycles. The van der Waals surface area contributed by atoms with Gasteiger partial charge in [0, 0.05) is 10.8 Å².